The number of aromatic nitrogens is 2. The number of halogens is 3. The average Bonchev–Trinajstić information content (AvgIpc) is 3.20. The summed E-state index contributed by atoms with van der Waals surface area (Å²) < 4.78 is 41.4. The minimum Gasteiger partial charge on any atom is -0.382 e. The minimum absolute atomic E-state index is 0.145. The van der Waals surface area contributed by atoms with E-state index in [1.54, 1.807) is 12.1 Å². The lowest BCUT2D eigenvalue weighted by atomic mass is 9.85. The van der Waals surface area contributed by atoms with E-state index in [-0.39, 0.29) is 17.6 Å². The molecule has 2 aromatic heterocycles. The van der Waals surface area contributed by atoms with Crippen LogP contribution >= 0.6 is 0 Å². The maximum Gasteiger partial charge on any atom is 0.281 e. The van der Waals surface area contributed by atoms with E-state index in [1.165, 1.54) is 12.3 Å². The molecule has 0 unspecified atom stereocenters. The molecule has 1 fully saturated rings. The van der Waals surface area contributed by atoms with E-state index in [0.29, 0.717) is 17.2 Å². The molecule has 0 amide bonds. The highest BCUT2D eigenvalue weighted by Crippen LogP contribution is 2.46. The first kappa shape index (κ1) is 27.7. The van der Waals surface area contributed by atoms with Gasteiger partial charge >= 0.3 is 0 Å². The Morgan fingerprint density at radius 2 is 1.85 bits per heavy atom. The van der Waals surface area contributed by atoms with Crippen LogP contribution in [-0.2, 0) is 6.42 Å². The third-order valence-electron chi connectivity index (χ3n) is 7.86. The number of hydrogen-bond donors (Lipinski definition) is 1. The first-order valence-corrected chi connectivity index (χ1v) is 14.0. The van der Waals surface area contributed by atoms with Crippen LogP contribution in [0.1, 0.15) is 68.0 Å². The highest BCUT2D eigenvalue weighted by Gasteiger charge is 2.34. The van der Waals surface area contributed by atoms with Crippen molar-refractivity contribution in [3.63, 3.8) is 0 Å². The molecule has 1 saturated carbocycles. The van der Waals surface area contributed by atoms with Gasteiger partial charge in [-0.15, -0.1) is 0 Å². The first-order chi connectivity index (χ1) is 19.2. The number of pyridine rings is 2. The summed E-state index contributed by atoms with van der Waals surface area (Å²) in [6.45, 7) is 13.2. The van der Waals surface area contributed by atoms with E-state index < -0.39 is 6.43 Å². The van der Waals surface area contributed by atoms with E-state index >= 15 is 0 Å². The zero-order chi connectivity index (χ0) is 28.4. The second kappa shape index (κ2) is 11.7. The third kappa shape index (κ3) is 5.71. The van der Waals surface area contributed by atoms with Gasteiger partial charge in [0.25, 0.3) is 6.43 Å². The number of rotatable bonds is 9. The zero-order valence-electron chi connectivity index (χ0n) is 23.1. The highest BCUT2D eigenvalue weighted by atomic mass is 19.3. The second-order valence-corrected chi connectivity index (χ2v) is 10.8. The number of aryl methyl sites for hydroxylation is 2. The molecular formula is C32H36F3N5. The Balaban J connectivity index is 1.27. The summed E-state index contributed by atoms with van der Waals surface area (Å²) in [7, 11) is 0. The van der Waals surface area contributed by atoms with Gasteiger partial charge in [-0.05, 0) is 86.9 Å². The van der Waals surface area contributed by atoms with E-state index in [2.05, 4.69) is 51.2 Å². The van der Waals surface area contributed by atoms with Crippen LogP contribution in [-0.4, -0.2) is 22.6 Å². The van der Waals surface area contributed by atoms with Crippen LogP contribution in [0.15, 0.2) is 67.8 Å². The molecule has 3 aromatic rings. The van der Waals surface area contributed by atoms with Crippen molar-refractivity contribution in [2.75, 3.05) is 16.3 Å². The van der Waals surface area contributed by atoms with Gasteiger partial charge in [-0.2, -0.15) is 0 Å². The van der Waals surface area contributed by atoms with Crippen molar-refractivity contribution in [1.82, 2.24) is 15.3 Å². The molecule has 1 aliphatic heterocycles. The summed E-state index contributed by atoms with van der Waals surface area (Å²) in [6, 6.07) is 10.8. The van der Waals surface area contributed by atoms with Gasteiger partial charge in [-0.25, -0.2) is 13.2 Å². The quantitative estimate of drug-likeness (QED) is 0.294. The smallest absolute Gasteiger partial charge is 0.281 e. The number of nitrogens with one attached hydrogen (secondary N) is 1. The monoisotopic (exact) mass is 547 g/mol. The summed E-state index contributed by atoms with van der Waals surface area (Å²) in [6.07, 6.45) is 6.18. The number of hydrogen-bond acceptors (Lipinski definition) is 5. The summed E-state index contributed by atoms with van der Waals surface area (Å²) in [5.41, 5.74) is 5.16. The summed E-state index contributed by atoms with van der Waals surface area (Å²) >= 11 is 0. The lowest BCUT2D eigenvalue weighted by Gasteiger charge is -2.34. The molecule has 1 aromatic carbocycles. The van der Waals surface area contributed by atoms with Crippen LogP contribution < -0.4 is 15.1 Å². The Morgan fingerprint density at radius 3 is 2.58 bits per heavy atom. The number of benzene rings is 1. The molecule has 2 aliphatic rings. The maximum absolute atomic E-state index is 14.4. The zero-order valence-corrected chi connectivity index (χ0v) is 23.1. The fraction of sp³-hybridized carbons (Fsp3) is 0.375. The average molecular weight is 548 g/mol. The normalized spacial score (nSPS) is 18.8. The maximum atomic E-state index is 14.4. The van der Waals surface area contributed by atoms with Crippen LogP contribution in [0.4, 0.5) is 30.2 Å². The lowest BCUT2D eigenvalue weighted by molar-refractivity contribution is 0.145. The predicted molar refractivity (Wildman–Crippen MR) is 155 cm³/mol. The van der Waals surface area contributed by atoms with E-state index in [4.69, 9.17) is 0 Å². The fourth-order valence-corrected chi connectivity index (χ4v) is 5.86. The van der Waals surface area contributed by atoms with Crippen molar-refractivity contribution in [1.29, 1.82) is 0 Å². The van der Waals surface area contributed by atoms with Crippen molar-refractivity contribution >= 4 is 22.8 Å². The molecule has 0 spiro atoms. The van der Waals surface area contributed by atoms with Crippen LogP contribution in [0.5, 0.6) is 0 Å². The van der Waals surface area contributed by atoms with Gasteiger partial charge in [0.1, 0.15) is 17.3 Å². The van der Waals surface area contributed by atoms with Crippen molar-refractivity contribution in [2.24, 2.45) is 5.92 Å². The van der Waals surface area contributed by atoms with Crippen LogP contribution in [0, 0.1) is 18.7 Å². The molecular weight excluding hydrogens is 511 g/mol. The number of alkyl halides is 2. The lowest BCUT2D eigenvalue weighted by Crippen LogP contribution is -2.36. The van der Waals surface area contributed by atoms with Crippen LogP contribution in [0.25, 0.3) is 5.70 Å². The Bertz CT molecular complexity index is 1400. The third-order valence-corrected chi connectivity index (χ3v) is 7.86. The molecule has 0 atom stereocenters. The largest absolute Gasteiger partial charge is 0.382 e. The number of anilines is 3. The molecule has 5 nitrogen and oxygen atoms in total. The standard InChI is InChI=1S/C32H36F3N5/c1-5-6-26-17-27(13-14-36-26)40-22(4)39(30-16-24(33)9-12-29(30)40)19-23-7-10-25(11-8-23)38-21(3)28-15-20(2)18-37-31(28)32(34)35/h9,12-18,23,25,32,38H,3-8,10-11,19H2,1-2H3. The molecule has 8 heteroatoms. The van der Waals surface area contributed by atoms with Gasteiger partial charge in [0.2, 0.25) is 0 Å². The van der Waals surface area contributed by atoms with Crippen molar-refractivity contribution in [3.8, 4) is 0 Å². The van der Waals surface area contributed by atoms with Crippen molar-refractivity contribution < 1.29 is 13.2 Å². The van der Waals surface area contributed by atoms with Gasteiger partial charge in [0, 0.05) is 41.9 Å². The van der Waals surface area contributed by atoms with Gasteiger partial charge in [-0.3, -0.25) is 14.9 Å². The Kier molecular flexibility index (Phi) is 8.14. The van der Waals surface area contributed by atoms with Gasteiger partial charge < -0.3 is 10.2 Å². The minimum atomic E-state index is -2.66. The van der Waals surface area contributed by atoms with Crippen LogP contribution in [0.3, 0.4) is 0 Å². The summed E-state index contributed by atoms with van der Waals surface area (Å²) in [4.78, 5) is 12.6. The molecule has 0 bridgehead atoms. The van der Waals surface area contributed by atoms with Crippen LogP contribution in [0.2, 0.25) is 0 Å². The van der Waals surface area contributed by atoms with Crippen molar-refractivity contribution in [2.45, 2.75) is 64.8 Å². The van der Waals surface area contributed by atoms with E-state index in [9.17, 15) is 13.2 Å². The van der Waals surface area contributed by atoms with E-state index in [1.807, 2.05) is 25.3 Å². The molecule has 0 saturated heterocycles. The molecule has 5 rings (SSSR count). The predicted octanol–water partition coefficient (Wildman–Crippen LogP) is 8.06. The molecule has 0 radical (unpaired) electrons. The van der Waals surface area contributed by atoms with Gasteiger partial charge in [0.15, 0.2) is 0 Å². The number of nitrogens with zero attached hydrogens (tertiary/aromatic N) is 4. The molecule has 1 aliphatic carbocycles. The summed E-state index contributed by atoms with van der Waals surface area (Å²) in [5, 5.41) is 3.39. The molecule has 40 heavy (non-hydrogen) atoms. The fourth-order valence-electron chi connectivity index (χ4n) is 5.86. The topological polar surface area (TPSA) is 44.3 Å². The SMILES string of the molecule is C=C(NC1CCC(CN2C(=C)N(c3ccnc(CCC)c3)c3ccc(F)cc32)CC1)c1cc(C)cnc1C(F)F. The molecule has 210 valence electrons. The first-order valence-electron chi connectivity index (χ1n) is 14.0. The van der Waals surface area contributed by atoms with Gasteiger partial charge in [-0.1, -0.05) is 26.5 Å². The molecule has 1 N–H and O–H groups in total. The highest BCUT2D eigenvalue weighted by molar-refractivity contribution is 5.88. The van der Waals surface area contributed by atoms with E-state index in [0.717, 1.165) is 79.2 Å². The second-order valence-electron chi connectivity index (χ2n) is 10.8. The Hall–Kier alpha value is -3.81. The van der Waals surface area contributed by atoms with Gasteiger partial charge in [0.05, 0.1) is 17.1 Å². The van der Waals surface area contributed by atoms with Crippen molar-refractivity contribution in [3.05, 3.63) is 96.1 Å². The Labute approximate surface area is 234 Å². The molecule has 3 heterocycles. The summed E-state index contributed by atoms with van der Waals surface area (Å²) in [5.74, 6) is 0.902. The number of fused-ring (bicyclic) bond motifs is 1. The Morgan fingerprint density at radius 1 is 1.07 bits per heavy atom.